The molecule has 0 spiro atoms. The van der Waals surface area contributed by atoms with Gasteiger partial charge in [-0.2, -0.15) is 4.98 Å². The molecule has 0 radical (unpaired) electrons. The number of nitrogens with two attached hydrogens (primary N) is 1. The Balaban J connectivity index is 1.72. The van der Waals surface area contributed by atoms with Gasteiger partial charge >= 0.3 is 0 Å². The van der Waals surface area contributed by atoms with Crippen molar-refractivity contribution in [3.8, 4) is 5.75 Å². The number of hydrogen-bond donors (Lipinski definition) is 2. The average Bonchev–Trinajstić information content (AvgIpc) is 2.66. The van der Waals surface area contributed by atoms with Crippen LogP contribution in [0, 0.1) is 6.92 Å². The highest BCUT2D eigenvalue weighted by Crippen LogP contribution is 2.22. The predicted molar refractivity (Wildman–Crippen MR) is 102 cm³/mol. The first kappa shape index (κ1) is 18.4. The van der Waals surface area contributed by atoms with Gasteiger partial charge in [0.2, 0.25) is 5.95 Å². The lowest BCUT2D eigenvalue weighted by Crippen LogP contribution is -2.53. The van der Waals surface area contributed by atoms with Crippen molar-refractivity contribution in [3.05, 3.63) is 41.6 Å². The van der Waals surface area contributed by atoms with Crippen molar-refractivity contribution in [1.29, 1.82) is 0 Å². The van der Waals surface area contributed by atoms with Gasteiger partial charge in [0.15, 0.2) is 0 Å². The number of aryl methyl sites for hydroxylation is 1. The molecule has 0 bridgehead atoms. The van der Waals surface area contributed by atoms with Gasteiger partial charge in [0, 0.05) is 50.6 Å². The minimum absolute atomic E-state index is 0.157. The molecule has 140 valence electrons. The molecule has 0 saturated carbocycles. The summed E-state index contributed by atoms with van der Waals surface area (Å²) < 4.78 is 5.32. The molecule has 0 amide bonds. The summed E-state index contributed by atoms with van der Waals surface area (Å²) in [5.41, 5.74) is 8.03. The van der Waals surface area contributed by atoms with E-state index < -0.39 is 0 Å². The minimum Gasteiger partial charge on any atom is -0.497 e. The van der Waals surface area contributed by atoms with Gasteiger partial charge in [0.25, 0.3) is 0 Å². The van der Waals surface area contributed by atoms with Gasteiger partial charge in [0.1, 0.15) is 11.6 Å². The summed E-state index contributed by atoms with van der Waals surface area (Å²) in [4.78, 5) is 13.4. The van der Waals surface area contributed by atoms with Crippen LogP contribution in [0.4, 0.5) is 11.8 Å². The zero-order chi connectivity index (χ0) is 18.5. The molecule has 7 nitrogen and oxygen atoms in total. The number of aromatic nitrogens is 2. The normalized spacial score (nSPS) is 18.1. The third kappa shape index (κ3) is 4.23. The van der Waals surface area contributed by atoms with E-state index >= 15 is 0 Å². The highest BCUT2D eigenvalue weighted by Gasteiger charge is 2.28. The number of hydrogen-bond acceptors (Lipinski definition) is 7. The summed E-state index contributed by atoms with van der Waals surface area (Å²) in [6.45, 7) is 5.36. The maximum absolute atomic E-state index is 9.51. The number of aliphatic hydroxyl groups is 1. The molecule has 7 heteroatoms. The standard InChI is InChI=1S/C19H27N5O2/c1-14-11-21-19(22-18(14)20)24-8-7-23(16(13-24)6-9-25)12-15-4-3-5-17(10-15)26-2/h3-5,10-11,16,25H,6-9,12-13H2,1-2H3,(H2,20,21,22)/t16-/m1/s1. The first-order valence-electron chi connectivity index (χ1n) is 8.92. The van der Waals surface area contributed by atoms with E-state index in [2.05, 4.69) is 31.9 Å². The molecule has 1 aliphatic rings. The van der Waals surface area contributed by atoms with Gasteiger partial charge < -0.3 is 20.5 Å². The summed E-state index contributed by atoms with van der Waals surface area (Å²) in [7, 11) is 1.68. The lowest BCUT2D eigenvalue weighted by molar-refractivity contribution is 0.135. The van der Waals surface area contributed by atoms with Crippen molar-refractivity contribution in [1.82, 2.24) is 14.9 Å². The molecule has 1 aromatic carbocycles. The van der Waals surface area contributed by atoms with Crippen LogP contribution in [-0.4, -0.2) is 59.4 Å². The number of rotatable bonds is 6. The first-order valence-corrected chi connectivity index (χ1v) is 8.92. The highest BCUT2D eigenvalue weighted by molar-refractivity contribution is 5.44. The van der Waals surface area contributed by atoms with E-state index in [-0.39, 0.29) is 12.6 Å². The summed E-state index contributed by atoms with van der Waals surface area (Å²) >= 11 is 0. The van der Waals surface area contributed by atoms with E-state index in [1.807, 2.05) is 19.1 Å². The smallest absolute Gasteiger partial charge is 0.227 e. The van der Waals surface area contributed by atoms with Gasteiger partial charge in [-0.25, -0.2) is 4.98 Å². The Morgan fingerprint density at radius 1 is 1.35 bits per heavy atom. The fourth-order valence-corrected chi connectivity index (χ4v) is 3.31. The molecule has 0 unspecified atom stereocenters. The van der Waals surface area contributed by atoms with Crippen molar-refractivity contribution >= 4 is 11.8 Å². The molecule has 1 fully saturated rings. The van der Waals surface area contributed by atoms with Gasteiger partial charge in [-0.15, -0.1) is 0 Å². The molecule has 1 aliphatic heterocycles. The molecule has 2 heterocycles. The molecule has 26 heavy (non-hydrogen) atoms. The lowest BCUT2D eigenvalue weighted by atomic mass is 10.1. The van der Waals surface area contributed by atoms with Crippen LogP contribution in [0.2, 0.25) is 0 Å². The number of piperazine rings is 1. The van der Waals surface area contributed by atoms with E-state index in [0.29, 0.717) is 18.2 Å². The average molecular weight is 357 g/mol. The van der Waals surface area contributed by atoms with Crippen LogP contribution in [0.5, 0.6) is 5.75 Å². The second kappa shape index (κ2) is 8.33. The van der Waals surface area contributed by atoms with Crippen molar-refractivity contribution in [2.45, 2.75) is 25.9 Å². The SMILES string of the molecule is COc1cccc(CN2CCN(c3ncc(C)c(N)n3)C[C@H]2CCO)c1. The number of ether oxygens (including phenoxy) is 1. The van der Waals surface area contributed by atoms with Crippen molar-refractivity contribution < 1.29 is 9.84 Å². The molecule has 0 aliphatic carbocycles. The Hall–Kier alpha value is -2.38. The fourth-order valence-electron chi connectivity index (χ4n) is 3.31. The zero-order valence-corrected chi connectivity index (χ0v) is 15.4. The third-order valence-electron chi connectivity index (χ3n) is 4.87. The van der Waals surface area contributed by atoms with Crippen LogP contribution in [0.1, 0.15) is 17.5 Å². The fraction of sp³-hybridized carbons (Fsp3) is 0.474. The van der Waals surface area contributed by atoms with Crippen LogP contribution in [0.25, 0.3) is 0 Å². The molecule has 1 saturated heterocycles. The van der Waals surface area contributed by atoms with Crippen LogP contribution in [0.3, 0.4) is 0 Å². The van der Waals surface area contributed by atoms with Gasteiger partial charge in [0.05, 0.1) is 7.11 Å². The Kier molecular flexibility index (Phi) is 5.90. The quantitative estimate of drug-likeness (QED) is 0.809. The van der Waals surface area contributed by atoms with Crippen molar-refractivity contribution in [2.75, 3.05) is 44.0 Å². The molecule has 1 atom stereocenters. The molecule has 1 aromatic heterocycles. The van der Waals surface area contributed by atoms with E-state index in [1.165, 1.54) is 5.56 Å². The Labute approximate surface area is 154 Å². The van der Waals surface area contributed by atoms with Gasteiger partial charge in [-0.3, -0.25) is 4.90 Å². The highest BCUT2D eigenvalue weighted by atomic mass is 16.5. The summed E-state index contributed by atoms with van der Waals surface area (Å²) in [6.07, 6.45) is 2.48. The molecular formula is C19H27N5O2. The second-order valence-corrected chi connectivity index (χ2v) is 6.67. The maximum Gasteiger partial charge on any atom is 0.227 e. The number of aliphatic hydroxyl groups excluding tert-OH is 1. The summed E-state index contributed by atoms with van der Waals surface area (Å²) in [6, 6.07) is 8.35. The number of nitrogens with zero attached hydrogens (tertiary/aromatic N) is 4. The number of nitrogen functional groups attached to an aromatic ring is 1. The number of methoxy groups -OCH3 is 1. The number of anilines is 2. The molecule has 3 N–H and O–H groups in total. The Morgan fingerprint density at radius 3 is 2.92 bits per heavy atom. The van der Waals surface area contributed by atoms with Crippen molar-refractivity contribution in [3.63, 3.8) is 0 Å². The van der Waals surface area contributed by atoms with E-state index in [0.717, 1.165) is 37.5 Å². The monoisotopic (exact) mass is 357 g/mol. The molecule has 3 rings (SSSR count). The first-order chi connectivity index (χ1) is 12.6. The van der Waals surface area contributed by atoms with Crippen LogP contribution < -0.4 is 15.4 Å². The molecular weight excluding hydrogens is 330 g/mol. The van der Waals surface area contributed by atoms with Gasteiger partial charge in [-0.05, 0) is 31.0 Å². The Bertz CT molecular complexity index is 740. The van der Waals surface area contributed by atoms with E-state index in [9.17, 15) is 5.11 Å². The van der Waals surface area contributed by atoms with Crippen LogP contribution in [-0.2, 0) is 6.54 Å². The summed E-state index contributed by atoms with van der Waals surface area (Å²) in [5, 5.41) is 9.51. The van der Waals surface area contributed by atoms with E-state index in [4.69, 9.17) is 10.5 Å². The van der Waals surface area contributed by atoms with Crippen LogP contribution >= 0.6 is 0 Å². The zero-order valence-electron chi connectivity index (χ0n) is 15.4. The van der Waals surface area contributed by atoms with Crippen molar-refractivity contribution in [2.24, 2.45) is 0 Å². The Morgan fingerprint density at radius 2 is 2.19 bits per heavy atom. The second-order valence-electron chi connectivity index (χ2n) is 6.67. The molecule has 2 aromatic rings. The van der Waals surface area contributed by atoms with Crippen LogP contribution in [0.15, 0.2) is 30.5 Å². The topological polar surface area (TPSA) is 87.7 Å². The van der Waals surface area contributed by atoms with E-state index in [1.54, 1.807) is 13.3 Å². The lowest BCUT2D eigenvalue weighted by Gasteiger charge is -2.41. The minimum atomic E-state index is 0.157. The largest absolute Gasteiger partial charge is 0.497 e. The summed E-state index contributed by atoms with van der Waals surface area (Å²) in [5.74, 6) is 2.05. The maximum atomic E-state index is 9.51. The third-order valence-corrected chi connectivity index (χ3v) is 4.87. The van der Waals surface area contributed by atoms with Gasteiger partial charge in [-0.1, -0.05) is 12.1 Å². The number of benzene rings is 1. The predicted octanol–water partition coefficient (Wildman–Crippen LogP) is 1.45.